The Bertz CT molecular complexity index is 572. The third-order valence-corrected chi connectivity index (χ3v) is 5.99. The molecule has 1 aromatic rings. The summed E-state index contributed by atoms with van der Waals surface area (Å²) in [5.41, 5.74) is 0.725. The number of hydrogen-bond donors (Lipinski definition) is 2. The molecular formula is C13H18Cl2N2O2S. The lowest BCUT2D eigenvalue weighted by Crippen LogP contribution is -2.44. The van der Waals surface area contributed by atoms with Gasteiger partial charge in [-0.1, -0.05) is 29.3 Å². The van der Waals surface area contributed by atoms with Crippen molar-refractivity contribution in [1.82, 2.24) is 10.0 Å². The summed E-state index contributed by atoms with van der Waals surface area (Å²) >= 11 is 12.0. The van der Waals surface area contributed by atoms with Crippen molar-refractivity contribution in [3.63, 3.8) is 0 Å². The van der Waals surface area contributed by atoms with Gasteiger partial charge in [-0.05, 0) is 44.0 Å². The van der Waals surface area contributed by atoms with Gasteiger partial charge in [0.2, 0.25) is 10.0 Å². The van der Waals surface area contributed by atoms with Crippen molar-refractivity contribution in [2.75, 3.05) is 13.1 Å². The van der Waals surface area contributed by atoms with Crippen LogP contribution in [0.1, 0.15) is 31.4 Å². The molecule has 1 aliphatic heterocycles. The van der Waals surface area contributed by atoms with Crippen molar-refractivity contribution in [1.29, 1.82) is 0 Å². The van der Waals surface area contributed by atoms with Gasteiger partial charge >= 0.3 is 0 Å². The molecule has 112 valence electrons. The minimum absolute atomic E-state index is 0.383. The van der Waals surface area contributed by atoms with Gasteiger partial charge in [0.25, 0.3) is 0 Å². The first-order valence-electron chi connectivity index (χ1n) is 6.57. The van der Waals surface area contributed by atoms with Gasteiger partial charge in [0.15, 0.2) is 0 Å². The largest absolute Gasteiger partial charge is 0.315 e. The summed E-state index contributed by atoms with van der Waals surface area (Å²) in [5.74, 6) is 0. The third-order valence-electron chi connectivity index (χ3n) is 3.46. The van der Waals surface area contributed by atoms with Crippen LogP contribution in [0.2, 0.25) is 10.0 Å². The predicted molar refractivity (Wildman–Crippen MR) is 82.8 cm³/mol. The summed E-state index contributed by atoms with van der Waals surface area (Å²) < 4.78 is 27.4. The zero-order valence-electron chi connectivity index (χ0n) is 11.2. The lowest BCUT2D eigenvalue weighted by Gasteiger charge is -2.25. The second-order valence-electron chi connectivity index (χ2n) is 5.02. The molecule has 4 nitrogen and oxygen atoms in total. The highest BCUT2D eigenvalue weighted by molar-refractivity contribution is 7.90. The Morgan fingerprint density at radius 1 is 1.40 bits per heavy atom. The van der Waals surface area contributed by atoms with Crippen molar-refractivity contribution >= 4 is 33.2 Å². The van der Waals surface area contributed by atoms with Crippen LogP contribution < -0.4 is 10.0 Å². The van der Waals surface area contributed by atoms with Gasteiger partial charge in [0, 0.05) is 22.6 Å². The lowest BCUT2D eigenvalue weighted by molar-refractivity contribution is 0.485. The smallest absolute Gasteiger partial charge is 0.216 e. The van der Waals surface area contributed by atoms with Crippen LogP contribution >= 0.6 is 23.2 Å². The Morgan fingerprint density at radius 2 is 2.15 bits per heavy atom. The molecule has 7 heteroatoms. The number of halogens is 2. The molecule has 2 N–H and O–H groups in total. The van der Waals surface area contributed by atoms with E-state index in [1.165, 1.54) is 0 Å². The average Bonchev–Trinajstić information content (AvgIpc) is 2.39. The Hall–Kier alpha value is -0.330. The van der Waals surface area contributed by atoms with Crippen LogP contribution in [0, 0.1) is 0 Å². The number of nitrogens with one attached hydrogen (secondary N) is 2. The molecule has 2 rings (SSSR count). The van der Waals surface area contributed by atoms with E-state index < -0.39 is 10.0 Å². The highest BCUT2D eigenvalue weighted by Crippen LogP contribution is 2.27. The molecule has 1 aromatic carbocycles. The molecule has 2 unspecified atom stereocenters. The fourth-order valence-electron chi connectivity index (χ4n) is 2.34. The summed E-state index contributed by atoms with van der Waals surface area (Å²) in [7, 11) is -3.36. The van der Waals surface area contributed by atoms with Gasteiger partial charge < -0.3 is 5.32 Å². The van der Waals surface area contributed by atoms with Crippen molar-refractivity contribution < 1.29 is 8.42 Å². The molecule has 0 radical (unpaired) electrons. The Kier molecular flexibility index (Phi) is 5.31. The van der Waals surface area contributed by atoms with E-state index in [4.69, 9.17) is 23.2 Å². The molecule has 1 aliphatic rings. The fraction of sp³-hybridized carbons (Fsp3) is 0.538. The van der Waals surface area contributed by atoms with Crippen LogP contribution in [0.5, 0.6) is 0 Å². The third kappa shape index (κ3) is 3.86. The topological polar surface area (TPSA) is 58.2 Å². The number of hydrogen-bond acceptors (Lipinski definition) is 3. The molecule has 0 bridgehead atoms. The van der Waals surface area contributed by atoms with Gasteiger partial charge in [-0.15, -0.1) is 0 Å². The summed E-state index contributed by atoms with van der Waals surface area (Å²) in [4.78, 5) is 0. The summed E-state index contributed by atoms with van der Waals surface area (Å²) in [5, 5.41) is 3.73. The molecule has 1 heterocycles. The molecule has 1 fully saturated rings. The first kappa shape index (κ1) is 16.0. The van der Waals surface area contributed by atoms with E-state index in [9.17, 15) is 8.42 Å². The van der Waals surface area contributed by atoms with Gasteiger partial charge in [-0.3, -0.25) is 0 Å². The van der Waals surface area contributed by atoms with Crippen LogP contribution in [0.25, 0.3) is 0 Å². The Balaban J connectivity index is 2.11. The zero-order valence-corrected chi connectivity index (χ0v) is 13.5. The van der Waals surface area contributed by atoms with Crippen molar-refractivity contribution in [3.05, 3.63) is 33.8 Å². The normalized spacial score (nSPS) is 21.6. The molecule has 20 heavy (non-hydrogen) atoms. The van der Waals surface area contributed by atoms with E-state index in [0.29, 0.717) is 23.0 Å². The fourth-order valence-corrected chi connectivity index (χ4v) is 4.54. The highest BCUT2D eigenvalue weighted by Gasteiger charge is 2.29. The summed E-state index contributed by atoms with van der Waals surface area (Å²) in [6, 6.07) is 4.68. The van der Waals surface area contributed by atoms with Gasteiger partial charge in [0.05, 0.1) is 5.25 Å². The number of piperidine rings is 1. The van der Waals surface area contributed by atoms with E-state index in [-0.39, 0.29) is 11.3 Å². The van der Waals surface area contributed by atoms with E-state index in [2.05, 4.69) is 10.0 Å². The van der Waals surface area contributed by atoms with Gasteiger partial charge in [-0.25, -0.2) is 13.1 Å². The molecule has 0 amide bonds. The first-order valence-corrected chi connectivity index (χ1v) is 8.87. The van der Waals surface area contributed by atoms with Crippen molar-refractivity contribution in [2.24, 2.45) is 0 Å². The maximum absolute atomic E-state index is 12.3. The summed E-state index contributed by atoms with van der Waals surface area (Å²) in [6.07, 6.45) is 1.56. The predicted octanol–water partition coefficient (Wildman–Crippen LogP) is 2.73. The van der Waals surface area contributed by atoms with Crippen molar-refractivity contribution in [3.8, 4) is 0 Å². The highest BCUT2D eigenvalue weighted by atomic mass is 35.5. The number of benzene rings is 1. The number of rotatable bonds is 4. The van der Waals surface area contributed by atoms with E-state index in [1.54, 1.807) is 25.1 Å². The van der Waals surface area contributed by atoms with Crippen LogP contribution in [0.15, 0.2) is 18.2 Å². The van der Waals surface area contributed by atoms with Crippen LogP contribution in [-0.2, 0) is 10.0 Å². The van der Waals surface area contributed by atoms with Crippen LogP contribution in [0.4, 0.5) is 0 Å². The minimum atomic E-state index is -3.36. The Labute approximate surface area is 129 Å². The Morgan fingerprint density at radius 3 is 2.75 bits per heavy atom. The molecule has 0 saturated carbocycles. The lowest BCUT2D eigenvalue weighted by atomic mass is 10.1. The van der Waals surface area contributed by atoms with Crippen molar-refractivity contribution in [2.45, 2.75) is 31.1 Å². The van der Waals surface area contributed by atoms with E-state index in [1.807, 2.05) is 0 Å². The van der Waals surface area contributed by atoms with Gasteiger partial charge in [-0.2, -0.15) is 0 Å². The standard InChI is InChI=1S/C13H18Cl2N2O2S/c1-9(12-5-4-10(14)7-13(12)15)17-20(18,19)11-3-2-6-16-8-11/h4-5,7,9,11,16-17H,2-3,6,8H2,1H3. The zero-order chi connectivity index (χ0) is 14.8. The molecule has 1 saturated heterocycles. The molecule has 0 aromatic heterocycles. The minimum Gasteiger partial charge on any atom is -0.315 e. The molecule has 0 spiro atoms. The molecular weight excluding hydrogens is 319 g/mol. The van der Waals surface area contributed by atoms with E-state index >= 15 is 0 Å². The second-order valence-corrected chi connectivity index (χ2v) is 7.85. The van der Waals surface area contributed by atoms with Gasteiger partial charge in [0.1, 0.15) is 0 Å². The average molecular weight is 337 g/mol. The maximum atomic E-state index is 12.3. The molecule has 0 aliphatic carbocycles. The van der Waals surface area contributed by atoms with Crippen LogP contribution in [0.3, 0.4) is 0 Å². The monoisotopic (exact) mass is 336 g/mol. The molecule has 2 atom stereocenters. The first-order chi connectivity index (χ1) is 9.40. The SMILES string of the molecule is CC(NS(=O)(=O)C1CCCNC1)c1ccc(Cl)cc1Cl. The number of sulfonamides is 1. The quantitative estimate of drug-likeness (QED) is 0.888. The van der Waals surface area contributed by atoms with Crippen LogP contribution in [-0.4, -0.2) is 26.8 Å². The van der Waals surface area contributed by atoms with E-state index in [0.717, 1.165) is 18.5 Å². The maximum Gasteiger partial charge on any atom is 0.216 e. The second kappa shape index (κ2) is 6.62. The summed E-state index contributed by atoms with van der Waals surface area (Å²) in [6.45, 7) is 3.16.